The first kappa shape index (κ1) is 8.98. The monoisotopic (exact) mass is 193 g/mol. The minimum absolute atomic E-state index is 0.355. The minimum atomic E-state index is -1.16. The molecule has 0 bridgehead atoms. The molecule has 0 aromatic heterocycles. The Morgan fingerprint density at radius 3 is 3.00 bits per heavy atom. The first-order valence-electron chi connectivity index (χ1n) is 4.28. The standard InChI is InChI=1S/C9H11N3O2/c13-9(5-2-1-3-6-9)8-4-7-10-11-12(8)14/h1-5,7,11,13-14H,6H2. The van der Waals surface area contributed by atoms with Crippen LogP contribution in [0.5, 0.6) is 0 Å². The lowest BCUT2D eigenvalue weighted by atomic mass is 9.91. The number of hydrogen-bond acceptors (Lipinski definition) is 5. The topological polar surface area (TPSA) is 68.1 Å². The zero-order valence-electron chi connectivity index (χ0n) is 7.46. The number of hydrazine groups is 1. The molecule has 14 heavy (non-hydrogen) atoms. The second-order valence-corrected chi connectivity index (χ2v) is 3.16. The van der Waals surface area contributed by atoms with Gasteiger partial charge in [-0.25, -0.2) is 0 Å². The Kier molecular flexibility index (Phi) is 2.11. The fourth-order valence-corrected chi connectivity index (χ4v) is 1.45. The van der Waals surface area contributed by atoms with Gasteiger partial charge in [0.2, 0.25) is 0 Å². The average molecular weight is 193 g/mol. The van der Waals surface area contributed by atoms with Gasteiger partial charge in [0.15, 0.2) is 0 Å². The summed E-state index contributed by atoms with van der Waals surface area (Å²) in [6, 6.07) is 0. The molecule has 2 rings (SSSR count). The zero-order valence-corrected chi connectivity index (χ0v) is 7.46. The van der Waals surface area contributed by atoms with Gasteiger partial charge in [0.05, 0.1) is 6.21 Å². The molecule has 1 heterocycles. The maximum atomic E-state index is 10.2. The van der Waals surface area contributed by atoms with Gasteiger partial charge in [-0.1, -0.05) is 18.2 Å². The van der Waals surface area contributed by atoms with Gasteiger partial charge in [0.1, 0.15) is 11.3 Å². The SMILES string of the molecule is ON1NN=CC=C1C1(O)C=CC=CC1. The Morgan fingerprint density at radius 1 is 1.50 bits per heavy atom. The third kappa shape index (κ3) is 1.43. The lowest BCUT2D eigenvalue weighted by Gasteiger charge is -2.33. The van der Waals surface area contributed by atoms with Crippen molar-refractivity contribution in [2.75, 3.05) is 0 Å². The summed E-state index contributed by atoms with van der Waals surface area (Å²) < 4.78 is 0. The number of hydrogen-bond donors (Lipinski definition) is 3. The van der Waals surface area contributed by atoms with E-state index in [1.54, 1.807) is 18.2 Å². The summed E-state index contributed by atoms with van der Waals surface area (Å²) >= 11 is 0. The number of rotatable bonds is 1. The lowest BCUT2D eigenvalue weighted by molar-refractivity contribution is -0.128. The second kappa shape index (κ2) is 3.28. The molecule has 1 unspecified atom stereocenters. The molecule has 0 amide bonds. The Balaban J connectivity index is 2.29. The van der Waals surface area contributed by atoms with Crippen LogP contribution in [0.15, 0.2) is 41.2 Å². The fraction of sp³-hybridized carbons (Fsp3) is 0.222. The molecule has 0 fully saturated rings. The lowest BCUT2D eigenvalue weighted by Crippen LogP contribution is -2.44. The molecule has 0 aromatic carbocycles. The van der Waals surface area contributed by atoms with Gasteiger partial charge in [0, 0.05) is 6.42 Å². The Bertz CT molecular complexity index is 346. The molecule has 0 saturated heterocycles. The van der Waals surface area contributed by atoms with Crippen LogP contribution in [-0.2, 0) is 0 Å². The smallest absolute Gasteiger partial charge is 0.131 e. The van der Waals surface area contributed by atoms with Crippen LogP contribution in [-0.4, -0.2) is 27.3 Å². The molecular formula is C9H11N3O2. The summed E-state index contributed by atoms with van der Waals surface area (Å²) in [5, 5.41) is 23.9. The predicted molar refractivity (Wildman–Crippen MR) is 51.2 cm³/mol. The van der Waals surface area contributed by atoms with E-state index in [9.17, 15) is 10.3 Å². The van der Waals surface area contributed by atoms with Gasteiger partial charge in [-0.15, -0.1) is 5.17 Å². The van der Waals surface area contributed by atoms with Crippen LogP contribution >= 0.6 is 0 Å². The quantitative estimate of drug-likeness (QED) is 0.560. The van der Waals surface area contributed by atoms with Crippen molar-refractivity contribution in [2.24, 2.45) is 5.10 Å². The van der Waals surface area contributed by atoms with Gasteiger partial charge >= 0.3 is 0 Å². The highest BCUT2D eigenvalue weighted by atomic mass is 16.6. The van der Waals surface area contributed by atoms with E-state index in [2.05, 4.69) is 10.6 Å². The maximum Gasteiger partial charge on any atom is 0.131 e. The van der Waals surface area contributed by atoms with Crippen LogP contribution in [0, 0.1) is 0 Å². The van der Waals surface area contributed by atoms with Gasteiger partial charge in [0.25, 0.3) is 0 Å². The van der Waals surface area contributed by atoms with E-state index in [0.29, 0.717) is 17.3 Å². The molecular weight excluding hydrogens is 182 g/mol. The van der Waals surface area contributed by atoms with Gasteiger partial charge in [-0.2, -0.15) is 10.6 Å². The Morgan fingerprint density at radius 2 is 2.36 bits per heavy atom. The number of allylic oxidation sites excluding steroid dienone is 3. The van der Waals surface area contributed by atoms with Crippen LogP contribution in [0.1, 0.15) is 6.42 Å². The van der Waals surface area contributed by atoms with Crippen molar-refractivity contribution in [2.45, 2.75) is 12.0 Å². The van der Waals surface area contributed by atoms with Crippen molar-refractivity contribution in [1.82, 2.24) is 10.7 Å². The van der Waals surface area contributed by atoms with Crippen molar-refractivity contribution in [3.05, 3.63) is 36.1 Å². The minimum Gasteiger partial charge on any atom is -0.379 e. The predicted octanol–water partition coefficient (Wildman–Crippen LogP) is 0.313. The third-order valence-electron chi connectivity index (χ3n) is 2.18. The van der Waals surface area contributed by atoms with Crippen molar-refractivity contribution in [3.63, 3.8) is 0 Å². The molecule has 5 heteroatoms. The molecule has 2 aliphatic rings. The normalized spacial score (nSPS) is 30.1. The van der Waals surface area contributed by atoms with Crippen LogP contribution in [0.2, 0.25) is 0 Å². The highest BCUT2D eigenvalue weighted by molar-refractivity contribution is 5.73. The van der Waals surface area contributed by atoms with E-state index in [1.165, 1.54) is 6.21 Å². The fourth-order valence-electron chi connectivity index (χ4n) is 1.45. The number of hydroxylamine groups is 1. The summed E-state index contributed by atoms with van der Waals surface area (Å²) in [6.45, 7) is 0. The summed E-state index contributed by atoms with van der Waals surface area (Å²) in [5.41, 5.74) is 1.52. The highest BCUT2D eigenvalue weighted by Gasteiger charge is 2.33. The van der Waals surface area contributed by atoms with Gasteiger partial charge < -0.3 is 5.11 Å². The van der Waals surface area contributed by atoms with Crippen molar-refractivity contribution in [1.29, 1.82) is 0 Å². The van der Waals surface area contributed by atoms with E-state index in [0.717, 1.165) is 0 Å². The number of aliphatic hydroxyl groups is 1. The molecule has 5 nitrogen and oxygen atoms in total. The van der Waals surface area contributed by atoms with Gasteiger partial charge in [-0.3, -0.25) is 5.21 Å². The van der Waals surface area contributed by atoms with Crippen molar-refractivity contribution < 1.29 is 10.3 Å². The summed E-state index contributed by atoms with van der Waals surface area (Å²) in [5.74, 6) is 0. The largest absolute Gasteiger partial charge is 0.379 e. The molecule has 0 aromatic rings. The highest BCUT2D eigenvalue weighted by Crippen LogP contribution is 2.27. The maximum absolute atomic E-state index is 10.2. The van der Waals surface area contributed by atoms with Crippen molar-refractivity contribution in [3.8, 4) is 0 Å². The zero-order chi connectivity index (χ0) is 10.0. The van der Waals surface area contributed by atoms with Crippen LogP contribution in [0.3, 0.4) is 0 Å². The first-order valence-corrected chi connectivity index (χ1v) is 4.28. The van der Waals surface area contributed by atoms with E-state index in [1.807, 2.05) is 12.2 Å². The molecule has 74 valence electrons. The third-order valence-corrected chi connectivity index (χ3v) is 2.18. The number of nitrogens with zero attached hydrogens (tertiary/aromatic N) is 2. The van der Waals surface area contributed by atoms with Crippen LogP contribution < -0.4 is 5.53 Å². The summed E-state index contributed by atoms with van der Waals surface area (Å²) in [6.07, 6.45) is 10.5. The van der Waals surface area contributed by atoms with Crippen LogP contribution in [0.4, 0.5) is 0 Å². The Labute approximate surface area is 81.3 Å². The number of hydrazone groups is 1. The van der Waals surface area contributed by atoms with E-state index >= 15 is 0 Å². The molecule has 0 spiro atoms. The second-order valence-electron chi connectivity index (χ2n) is 3.16. The molecule has 1 aliphatic heterocycles. The van der Waals surface area contributed by atoms with Gasteiger partial charge in [-0.05, 0) is 12.2 Å². The van der Waals surface area contributed by atoms with E-state index in [-0.39, 0.29) is 0 Å². The summed E-state index contributed by atoms with van der Waals surface area (Å²) in [4.78, 5) is 0. The molecule has 0 radical (unpaired) electrons. The molecule has 3 N–H and O–H groups in total. The average Bonchev–Trinajstić information content (AvgIpc) is 2.19. The van der Waals surface area contributed by atoms with Crippen molar-refractivity contribution >= 4 is 6.21 Å². The summed E-state index contributed by atoms with van der Waals surface area (Å²) in [7, 11) is 0. The first-order chi connectivity index (χ1) is 6.72. The van der Waals surface area contributed by atoms with Crippen LogP contribution in [0.25, 0.3) is 0 Å². The van der Waals surface area contributed by atoms with E-state index < -0.39 is 5.60 Å². The Hall–Kier alpha value is -1.59. The molecule has 0 saturated carbocycles. The molecule has 1 aliphatic carbocycles. The molecule has 1 atom stereocenters. The number of nitrogens with one attached hydrogen (secondary N) is 1. The van der Waals surface area contributed by atoms with E-state index in [4.69, 9.17) is 0 Å².